The Morgan fingerprint density at radius 2 is 1.75 bits per heavy atom. The van der Waals surface area contributed by atoms with Gasteiger partial charge in [0.25, 0.3) is 5.88 Å². The predicted octanol–water partition coefficient (Wildman–Crippen LogP) is 3.78. The number of rotatable bonds is 5. The second-order valence-corrected chi connectivity index (χ2v) is 7.04. The molecule has 0 spiro atoms. The highest BCUT2D eigenvalue weighted by Crippen LogP contribution is 2.31. The zero-order chi connectivity index (χ0) is 20.1. The molecule has 0 unspecified atom stereocenters. The van der Waals surface area contributed by atoms with Crippen molar-refractivity contribution in [2.75, 3.05) is 0 Å². The highest BCUT2D eigenvalue weighted by Gasteiger charge is 2.27. The van der Waals surface area contributed by atoms with E-state index in [2.05, 4.69) is 15.0 Å². The molecule has 2 heterocycles. The number of benzene rings is 1. The Morgan fingerprint density at radius 3 is 2.39 bits per heavy atom. The Labute approximate surface area is 163 Å². The van der Waals surface area contributed by atoms with Crippen LogP contribution >= 0.6 is 0 Å². The minimum Gasteiger partial charge on any atom is -0.491 e. The second-order valence-electron chi connectivity index (χ2n) is 7.04. The van der Waals surface area contributed by atoms with Crippen LogP contribution in [0, 0.1) is 0 Å². The summed E-state index contributed by atoms with van der Waals surface area (Å²) in [5, 5.41) is 10.4. The van der Waals surface area contributed by atoms with Crippen LogP contribution in [0.1, 0.15) is 36.8 Å². The van der Waals surface area contributed by atoms with Gasteiger partial charge in [-0.2, -0.15) is 4.98 Å². The average molecular weight is 379 g/mol. The van der Waals surface area contributed by atoms with Gasteiger partial charge < -0.3 is 14.6 Å². The number of carbonyl (C=O) groups is 1. The van der Waals surface area contributed by atoms with E-state index < -0.39 is 17.5 Å². The van der Waals surface area contributed by atoms with Gasteiger partial charge in [-0.3, -0.25) is 4.98 Å². The van der Waals surface area contributed by atoms with Crippen LogP contribution < -0.4 is 4.74 Å². The zero-order valence-electron chi connectivity index (χ0n) is 15.9. The molecule has 2 aromatic heterocycles. The summed E-state index contributed by atoms with van der Waals surface area (Å²) in [5.41, 5.74) is 0.390. The topological polar surface area (TPSA) is 94.4 Å². The van der Waals surface area contributed by atoms with E-state index in [4.69, 9.17) is 9.47 Å². The summed E-state index contributed by atoms with van der Waals surface area (Å²) in [6.07, 6.45) is 1.57. The van der Waals surface area contributed by atoms with E-state index in [0.29, 0.717) is 5.69 Å². The summed E-state index contributed by atoms with van der Waals surface area (Å²) in [4.78, 5) is 25.2. The molecule has 0 amide bonds. The minimum absolute atomic E-state index is 0.103. The van der Waals surface area contributed by atoms with Crippen LogP contribution in [0.25, 0.3) is 11.5 Å². The molecule has 0 saturated carbocycles. The molecular formula is C21H21N3O4. The summed E-state index contributed by atoms with van der Waals surface area (Å²) in [5.74, 6) is -1.19. The third kappa shape index (κ3) is 4.82. The fourth-order valence-corrected chi connectivity index (χ4v) is 2.38. The van der Waals surface area contributed by atoms with Crippen LogP contribution in [0.4, 0.5) is 0 Å². The normalized spacial score (nSPS) is 11.1. The van der Waals surface area contributed by atoms with Gasteiger partial charge in [0.15, 0.2) is 11.5 Å². The Balaban J connectivity index is 2.00. The number of pyridine rings is 1. The lowest BCUT2D eigenvalue weighted by molar-refractivity contribution is 0.00572. The van der Waals surface area contributed by atoms with Crippen LogP contribution in [0.3, 0.4) is 0 Å². The van der Waals surface area contributed by atoms with Gasteiger partial charge in [-0.05, 0) is 38.5 Å². The molecule has 1 aromatic carbocycles. The van der Waals surface area contributed by atoms with Crippen molar-refractivity contribution in [2.45, 2.75) is 33.0 Å². The van der Waals surface area contributed by atoms with Gasteiger partial charge in [0.1, 0.15) is 17.9 Å². The number of hydrogen-bond acceptors (Lipinski definition) is 7. The molecule has 0 aliphatic carbocycles. The van der Waals surface area contributed by atoms with E-state index >= 15 is 0 Å². The van der Waals surface area contributed by atoms with E-state index in [1.54, 1.807) is 45.2 Å². The first-order valence-electron chi connectivity index (χ1n) is 8.76. The zero-order valence-corrected chi connectivity index (χ0v) is 15.9. The van der Waals surface area contributed by atoms with Gasteiger partial charge in [0, 0.05) is 6.20 Å². The second kappa shape index (κ2) is 8.04. The standard InChI is InChI=1S/C21H21N3O4/c1-21(2,3)28-20(26)16-17(27-13-14-9-5-4-6-10-14)19(25)24-18(23-16)15-11-7-8-12-22-15/h4-12H,13H2,1-3H3,(H,23,24,25). The highest BCUT2D eigenvalue weighted by atomic mass is 16.6. The number of hydrogen-bond donors (Lipinski definition) is 1. The number of ether oxygens (including phenoxy) is 2. The first-order valence-corrected chi connectivity index (χ1v) is 8.76. The molecule has 7 heteroatoms. The minimum atomic E-state index is -0.737. The maximum absolute atomic E-state index is 12.7. The first-order chi connectivity index (χ1) is 13.3. The van der Waals surface area contributed by atoms with Crippen LogP contribution in [0.2, 0.25) is 0 Å². The van der Waals surface area contributed by atoms with Gasteiger partial charge in [-0.15, -0.1) is 0 Å². The molecule has 1 N–H and O–H groups in total. The number of aromatic hydroxyl groups is 1. The third-order valence-corrected chi connectivity index (χ3v) is 3.56. The highest BCUT2D eigenvalue weighted by molar-refractivity contribution is 5.91. The fourth-order valence-electron chi connectivity index (χ4n) is 2.38. The van der Waals surface area contributed by atoms with Crippen molar-refractivity contribution in [2.24, 2.45) is 0 Å². The molecule has 0 fully saturated rings. The van der Waals surface area contributed by atoms with E-state index in [1.807, 2.05) is 30.3 Å². The van der Waals surface area contributed by atoms with Crippen molar-refractivity contribution in [3.63, 3.8) is 0 Å². The van der Waals surface area contributed by atoms with Gasteiger partial charge in [0.05, 0.1) is 0 Å². The van der Waals surface area contributed by atoms with Crippen LogP contribution in [0.15, 0.2) is 54.7 Å². The van der Waals surface area contributed by atoms with Crippen LogP contribution in [0.5, 0.6) is 11.6 Å². The first kappa shape index (κ1) is 19.3. The average Bonchev–Trinajstić information content (AvgIpc) is 2.66. The molecule has 0 atom stereocenters. The Bertz CT molecular complexity index is 955. The number of carbonyl (C=O) groups excluding carboxylic acids is 1. The lowest BCUT2D eigenvalue weighted by Crippen LogP contribution is -2.25. The van der Waals surface area contributed by atoms with Crippen LogP contribution in [-0.4, -0.2) is 31.6 Å². The van der Waals surface area contributed by atoms with Crippen molar-refractivity contribution in [3.05, 3.63) is 66.0 Å². The smallest absolute Gasteiger partial charge is 0.361 e. The molecule has 3 rings (SSSR count). The van der Waals surface area contributed by atoms with Crippen molar-refractivity contribution < 1.29 is 19.4 Å². The SMILES string of the molecule is CC(C)(C)OC(=O)c1nc(-c2ccccn2)nc(O)c1OCc1ccccc1. The van der Waals surface area contributed by atoms with Crippen molar-refractivity contribution >= 4 is 5.97 Å². The molecule has 0 radical (unpaired) electrons. The number of nitrogens with zero attached hydrogens (tertiary/aromatic N) is 3. The molecule has 3 aromatic rings. The molecule has 28 heavy (non-hydrogen) atoms. The Hall–Kier alpha value is -3.48. The molecular weight excluding hydrogens is 358 g/mol. The summed E-state index contributed by atoms with van der Waals surface area (Å²) < 4.78 is 11.1. The van der Waals surface area contributed by atoms with Crippen molar-refractivity contribution in [3.8, 4) is 23.1 Å². The predicted molar refractivity (Wildman–Crippen MR) is 103 cm³/mol. The third-order valence-electron chi connectivity index (χ3n) is 3.56. The van der Waals surface area contributed by atoms with Crippen molar-refractivity contribution in [1.29, 1.82) is 0 Å². The molecule has 0 saturated heterocycles. The number of esters is 1. The quantitative estimate of drug-likeness (QED) is 0.674. The monoisotopic (exact) mass is 379 g/mol. The Morgan fingerprint density at radius 1 is 1.04 bits per heavy atom. The lowest BCUT2D eigenvalue weighted by atomic mass is 10.2. The fraction of sp³-hybridized carbons (Fsp3) is 0.238. The summed E-state index contributed by atoms with van der Waals surface area (Å²) in [6, 6.07) is 14.5. The maximum Gasteiger partial charge on any atom is 0.361 e. The van der Waals surface area contributed by atoms with E-state index in [-0.39, 0.29) is 23.9 Å². The summed E-state index contributed by atoms with van der Waals surface area (Å²) >= 11 is 0. The van der Waals surface area contributed by atoms with Crippen molar-refractivity contribution in [1.82, 2.24) is 15.0 Å². The van der Waals surface area contributed by atoms with Gasteiger partial charge in [-0.1, -0.05) is 36.4 Å². The molecule has 144 valence electrons. The van der Waals surface area contributed by atoms with E-state index in [1.165, 1.54) is 0 Å². The van der Waals surface area contributed by atoms with Crippen LogP contribution in [-0.2, 0) is 11.3 Å². The summed E-state index contributed by atoms with van der Waals surface area (Å²) in [7, 11) is 0. The Kier molecular flexibility index (Phi) is 5.54. The lowest BCUT2D eigenvalue weighted by Gasteiger charge is -2.20. The largest absolute Gasteiger partial charge is 0.491 e. The van der Waals surface area contributed by atoms with E-state index in [9.17, 15) is 9.90 Å². The van der Waals surface area contributed by atoms with Gasteiger partial charge in [0.2, 0.25) is 5.75 Å². The maximum atomic E-state index is 12.7. The van der Waals surface area contributed by atoms with Gasteiger partial charge >= 0.3 is 5.97 Å². The molecule has 0 aliphatic heterocycles. The molecule has 7 nitrogen and oxygen atoms in total. The van der Waals surface area contributed by atoms with E-state index in [0.717, 1.165) is 5.56 Å². The molecule has 0 aliphatic rings. The summed E-state index contributed by atoms with van der Waals surface area (Å²) in [6.45, 7) is 5.37. The van der Waals surface area contributed by atoms with Gasteiger partial charge in [-0.25, -0.2) is 9.78 Å². The number of aromatic nitrogens is 3. The molecule has 0 bridgehead atoms.